The van der Waals surface area contributed by atoms with Crippen molar-refractivity contribution in [1.29, 1.82) is 0 Å². The quantitative estimate of drug-likeness (QED) is 0.0329. The lowest BCUT2D eigenvalue weighted by molar-refractivity contribution is -0.163. The molecule has 3 aromatic rings. The van der Waals surface area contributed by atoms with Gasteiger partial charge in [0, 0.05) is 44.0 Å². The summed E-state index contributed by atoms with van der Waals surface area (Å²) >= 11 is 3.59. The van der Waals surface area contributed by atoms with Crippen LogP contribution < -0.4 is 25.4 Å². The molecular weight excluding hydrogens is 821 g/mol. The minimum atomic E-state index is -2.13. The summed E-state index contributed by atoms with van der Waals surface area (Å²) in [5, 5.41) is 24.0. The number of para-hydroxylation sites is 1. The predicted octanol–water partition coefficient (Wildman–Crippen LogP) is 0.615. The molecular formula is C35H32N8O12S3. The fourth-order valence-electron chi connectivity index (χ4n) is 6.30. The van der Waals surface area contributed by atoms with Crippen molar-refractivity contribution in [3.8, 4) is 11.5 Å². The van der Waals surface area contributed by atoms with Crippen molar-refractivity contribution < 1.29 is 57.7 Å². The Labute approximate surface area is 340 Å². The van der Waals surface area contributed by atoms with E-state index in [4.69, 9.17) is 9.47 Å². The van der Waals surface area contributed by atoms with E-state index in [1.54, 1.807) is 18.2 Å². The molecule has 0 radical (unpaired) electrons. The van der Waals surface area contributed by atoms with Gasteiger partial charge in [-0.25, -0.2) is 9.59 Å². The van der Waals surface area contributed by atoms with Gasteiger partial charge in [0.05, 0.1) is 6.54 Å². The Balaban J connectivity index is 1.19. The van der Waals surface area contributed by atoms with E-state index in [0.29, 0.717) is 14.8 Å². The zero-order valence-corrected chi connectivity index (χ0v) is 32.8. The Morgan fingerprint density at radius 2 is 1.76 bits per heavy atom. The maximum Gasteiger partial charge on any atom is 0.352 e. The van der Waals surface area contributed by atoms with Crippen molar-refractivity contribution >= 4 is 88.8 Å². The summed E-state index contributed by atoms with van der Waals surface area (Å²) in [6.45, 7) is 1.48. The maximum absolute atomic E-state index is 14.1. The van der Waals surface area contributed by atoms with E-state index in [1.165, 1.54) is 58.9 Å². The van der Waals surface area contributed by atoms with Crippen LogP contribution in [0, 0.1) is 0 Å². The number of carboxylic acids is 1. The van der Waals surface area contributed by atoms with Crippen molar-refractivity contribution in [3.63, 3.8) is 0 Å². The first-order valence-corrected chi connectivity index (χ1v) is 19.9. The molecule has 0 aliphatic carbocycles. The number of aromatic nitrogens is 2. The van der Waals surface area contributed by atoms with Gasteiger partial charge in [0.1, 0.15) is 22.6 Å². The number of carboxylic acid groups (broad SMARTS) is 1. The lowest BCUT2D eigenvalue weighted by Crippen LogP contribution is -2.85. The number of thioether (sulfide) groups is 2. The molecule has 4 heterocycles. The monoisotopic (exact) mass is 852 g/mol. The zero-order valence-electron chi connectivity index (χ0n) is 30.4. The Hall–Kier alpha value is -6.33. The van der Waals surface area contributed by atoms with Gasteiger partial charge in [-0.3, -0.25) is 43.4 Å². The minimum absolute atomic E-state index is 0.0890. The van der Waals surface area contributed by atoms with E-state index in [9.17, 15) is 48.3 Å². The molecule has 7 amide bonds. The lowest BCUT2D eigenvalue weighted by Gasteiger charge is -2.56. The van der Waals surface area contributed by atoms with E-state index < -0.39 is 64.6 Å². The molecule has 2 saturated heterocycles. The second-order valence-electron chi connectivity index (χ2n) is 12.6. The molecule has 58 heavy (non-hydrogen) atoms. The summed E-state index contributed by atoms with van der Waals surface area (Å²) in [5.74, 6) is -7.09. The number of urea groups is 1. The molecule has 23 heteroatoms. The molecule has 3 aliphatic rings. The van der Waals surface area contributed by atoms with E-state index >= 15 is 0 Å². The third-order valence-corrected chi connectivity index (χ3v) is 12.2. The number of carbonyl (C=O) groups excluding carboxylic acids is 8. The molecule has 2 aromatic carbocycles. The molecule has 3 atom stereocenters. The Morgan fingerprint density at radius 1 is 1.02 bits per heavy atom. The number of esters is 2. The summed E-state index contributed by atoms with van der Waals surface area (Å²) in [6, 6.07) is 9.36. The summed E-state index contributed by atoms with van der Waals surface area (Å²) in [4.78, 5) is 119. The standard InChI is InChI=1S/C35H32N8O12S3/c1-18(45)54-23-10-6-9-21(26(23)55-19(2)46)13-41-11-12-42(29(49)28(41)48)33(53)38-24(20-7-4-3-5-8-20)27(47)39-35(36-16-44)31(52)43-25(30(50)51)22(14-56-32(35)43)15-57-34-40-37-17-58-34/h3-10,16-17,24,32H,11-15H2,1-2H3,(H,36,44)(H,38,53)(H,39,47)(H,50,51)/t24?,32-,35+/m0/s1. The molecule has 3 aliphatic heterocycles. The van der Waals surface area contributed by atoms with E-state index in [2.05, 4.69) is 26.1 Å². The largest absolute Gasteiger partial charge is 0.477 e. The second-order valence-corrected chi connectivity index (χ2v) is 15.7. The summed E-state index contributed by atoms with van der Waals surface area (Å²) < 4.78 is 11.0. The smallest absolute Gasteiger partial charge is 0.352 e. The van der Waals surface area contributed by atoms with Crippen LogP contribution in [0.4, 0.5) is 4.79 Å². The number of amides is 7. The average Bonchev–Trinajstić information content (AvgIpc) is 3.72. The highest BCUT2D eigenvalue weighted by molar-refractivity contribution is 8.01. The molecule has 302 valence electrons. The van der Waals surface area contributed by atoms with Crippen LogP contribution in [-0.2, 0) is 44.9 Å². The molecule has 20 nitrogen and oxygen atoms in total. The van der Waals surface area contributed by atoms with Crippen molar-refractivity contribution in [2.24, 2.45) is 0 Å². The lowest BCUT2D eigenvalue weighted by atomic mass is 9.94. The third-order valence-electron chi connectivity index (χ3n) is 8.81. The third kappa shape index (κ3) is 8.35. The first kappa shape index (κ1) is 41.3. The van der Waals surface area contributed by atoms with Crippen LogP contribution in [0.2, 0.25) is 0 Å². The van der Waals surface area contributed by atoms with Crippen LogP contribution >= 0.6 is 34.9 Å². The van der Waals surface area contributed by atoms with Gasteiger partial charge >= 0.3 is 35.8 Å². The van der Waals surface area contributed by atoms with Gasteiger partial charge in [-0.1, -0.05) is 65.6 Å². The van der Waals surface area contributed by atoms with Gasteiger partial charge in [-0.15, -0.1) is 22.0 Å². The number of piperazine rings is 1. The number of carbonyl (C=O) groups is 9. The first-order valence-electron chi connectivity index (χ1n) is 17.0. The predicted molar refractivity (Wildman–Crippen MR) is 202 cm³/mol. The zero-order chi connectivity index (χ0) is 41.7. The SMILES string of the molecule is CC(=O)Oc1cccc(CN2CCN(C(=O)NC(C(=O)N[C@]3(NC=O)C(=O)N4C(C(=O)O)=C(CSc5nncs5)CS[C@H]43)c3ccccc3)C(=O)C2=O)c1OC(C)=O. The number of nitrogens with zero attached hydrogens (tertiary/aromatic N) is 5. The van der Waals surface area contributed by atoms with E-state index in [1.807, 2.05) is 0 Å². The first-order chi connectivity index (χ1) is 27.7. The summed E-state index contributed by atoms with van der Waals surface area (Å²) in [6.07, 6.45) is 0.183. The Morgan fingerprint density at radius 3 is 2.41 bits per heavy atom. The van der Waals surface area contributed by atoms with Gasteiger partial charge in [0.2, 0.25) is 18.0 Å². The number of hydrogen-bond acceptors (Lipinski definition) is 16. The average molecular weight is 853 g/mol. The summed E-state index contributed by atoms with van der Waals surface area (Å²) in [5.41, 5.74) is -0.0941. The molecule has 6 rings (SSSR count). The fourth-order valence-corrected chi connectivity index (χ4v) is 9.35. The highest BCUT2D eigenvalue weighted by Gasteiger charge is 2.66. The van der Waals surface area contributed by atoms with E-state index in [0.717, 1.165) is 35.4 Å². The number of aliphatic carboxylic acids is 1. The number of rotatable bonds is 14. The molecule has 1 unspecified atom stereocenters. The molecule has 0 spiro atoms. The Bertz CT molecular complexity index is 2220. The topological polar surface area (TPSA) is 264 Å². The van der Waals surface area contributed by atoms with Crippen LogP contribution in [0.1, 0.15) is 31.0 Å². The highest BCUT2D eigenvalue weighted by Crippen LogP contribution is 2.46. The number of hydrogen-bond donors (Lipinski definition) is 4. The molecule has 1 aromatic heterocycles. The highest BCUT2D eigenvalue weighted by atomic mass is 32.2. The van der Waals surface area contributed by atoms with Crippen LogP contribution in [0.3, 0.4) is 0 Å². The van der Waals surface area contributed by atoms with Crippen molar-refractivity contribution in [1.82, 2.24) is 40.8 Å². The molecule has 2 fully saturated rings. The number of benzene rings is 2. The van der Waals surface area contributed by atoms with Crippen LogP contribution in [0.5, 0.6) is 11.5 Å². The normalized spacial score (nSPS) is 19.4. The van der Waals surface area contributed by atoms with Gasteiger partial charge < -0.3 is 35.4 Å². The van der Waals surface area contributed by atoms with Gasteiger partial charge in [-0.05, 0) is 17.2 Å². The van der Waals surface area contributed by atoms with Crippen molar-refractivity contribution in [3.05, 3.63) is 76.4 Å². The fraction of sp³-hybridized carbons (Fsp3) is 0.286. The van der Waals surface area contributed by atoms with Crippen molar-refractivity contribution in [2.75, 3.05) is 24.6 Å². The van der Waals surface area contributed by atoms with Gasteiger partial charge in [-0.2, -0.15) is 0 Å². The van der Waals surface area contributed by atoms with Gasteiger partial charge in [0.15, 0.2) is 15.8 Å². The maximum atomic E-state index is 14.1. The molecule has 0 bridgehead atoms. The van der Waals surface area contributed by atoms with Crippen molar-refractivity contribution in [2.45, 2.75) is 41.8 Å². The minimum Gasteiger partial charge on any atom is -0.477 e. The van der Waals surface area contributed by atoms with E-state index in [-0.39, 0.29) is 65.9 Å². The molecule has 0 saturated carbocycles. The van der Waals surface area contributed by atoms with Crippen LogP contribution in [-0.4, -0.2) is 120 Å². The number of ether oxygens (including phenoxy) is 2. The van der Waals surface area contributed by atoms with Crippen LogP contribution in [0.25, 0.3) is 0 Å². The molecule has 4 N–H and O–H groups in total. The summed E-state index contributed by atoms with van der Waals surface area (Å²) in [7, 11) is 0. The number of nitrogens with one attached hydrogen (secondary N) is 3. The number of imide groups is 1. The number of β-lactam (4-membered cyclic amide) rings is 1. The van der Waals surface area contributed by atoms with Crippen LogP contribution in [0.15, 0.2) is 69.7 Å². The number of fused-ring (bicyclic) bond motifs is 1. The van der Waals surface area contributed by atoms with Gasteiger partial charge in [0.25, 0.3) is 5.91 Å². The second kappa shape index (κ2) is 17.4. The Kier molecular flexibility index (Phi) is 12.4.